The van der Waals surface area contributed by atoms with Crippen LogP contribution in [0.15, 0.2) is 10.9 Å². The van der Waals surface area contributed by atoms with Gasteiger partial charge in [0.1, 0.15) is 0 Å². The van der Waals surface area contributed by atoms with Crippen LogP contribution in [-0.4, -0.2) is 9.67 Å². The molecule has 0 radical (unpaired) electrons. The summed E-state index contributed by atoms with van der Waals surface area (Å²) in [6.45, 7) is 4.34. The highest BCUT2D eigenvalue weighted by atomic mass is 35.5. The first-order chi connectivity index (χ1) is 7.11. The molecule has 0 aliphatic rings. The average Bonchev–Trinajstić information content (AvgIpc) is 2.23. The fraction of sp³-hybridized carbons (Fsp3) is 0.545. The number of hydrogen-bond acceptors (Lipinski definition) is 2. The van der Waals surface area contributed by atoms with E-state index in [9.17, 15) is 9.90 Å². The summed E-state index contributed by atoms with van der Waals surface area (Å²) in [7, 11) is 0. The first kappa shape index (κ1) is 12.1. The Hall–Kier alpha value is -0.960. The summed E-state index contributed by atoms with van der Waals surface area (Å²) in [6, 6.07) is 1.57. The Morgan fingerprint density at radius 1 is 1.53 bits per heavy atom. The van der Waals surface area contributed by atoms with Crippen molar-refractivity contribution in [3.8, 4) is 5.88 Å². The van der Waals surface area contributed by atoms with Gasteiger partial charge < -0.3 is 5.11 Å². The molecule has 0 spiro atoms. The van der Waals surface area contributed by atoms with Crippen molar-refractivity contribution in [3.05, 3.63) is 27.5 Å². The van der Waals surface area contributed by atoms with Crippen LogP contribution < -0.4 is 5.56 Å². The van der Waals surface area contributed by atoms with E-state index in [0.29, 0.717) is 17.7 Å². The molecular weight excluding hydrogens is 214 g/mol. The fourth-order valence-corrected chi connectivity index (χ4v) is 1.73. The highest BCUT2D eigenvalue weighted by Crippen LogP contribution is 2.15. The van der Waals surface area contributed by atoms with Crippen molar-refractivity contribution in [1.82, 2.24) is 4.57 Å². The third-order valence-corrected chi connectivity index (χ3v) is 2.79. The minimum atomic E-state index is -0.140. The van der Waals surface area contributed by atoms with E-state index in [1.165, 1.54) is 4.57 Å². The van der Waals surface area contributed by atoms with Crippen molar-refractivity contribution in [2.24, 2.45) is 0 Å². The molecule has 0 saturated carbocycles. The molecule has 0 bridgehead atoms. The van der Waals surface area contributed by atoms with Crippen molar-refractivity contribution < 1.29 is 5.11 Å². The largest absolute Gasteiger partial charge is 0.494 e. The van der Waals surface area contributed by atoms with Gasteiger partial charge in [-0.2, -0.15) is 0 Å². The molecule has 4 heteroatoms. The van der Waals surface area contributed by atoms with E-state index in [-0.39, 0.29) is 17.3 Å². The summed E-state index contributed by atoms with van der Waals surface area (Å²) in [5.41, 5.74) is 1.19. The molecule has 84 valence electrons. The number of aromatic nitrogens is 1. The first-order valence-electron chi connectivity index (χ1n) is 5.10. The van der Waals surface area contributed by atoms with Gasteiger partial charge in [-0.3, -0.25) is 9.36 Å². The van der Waals surface area contributed by atoms with Crippen molar-refractivity contribution in [2.45, 2.75) is 39.1 Å². The van der Waals surface area contributed by atoms with Gasteiger partial charge in [0.15, 0.2) is 5.88 Å². The fourth-order valence-electron chi connectivity index (χ4n) is 1.46. The standard InChI is InChI=1S/C11H16ClNO2/c1-3-4-5-13-10(14)6-9(7-12)8(2)11(13)15/h6,14H,3-5,7H2,1-2H3. The molecule has 0 amide bonds. The summed E-state index contributed by atoms with van der Waals surface area (Å²) in [5, 5.41) is 9.66. The Labute approximate surface area is 94.3 Å². The van der Waals surface area contributed by atoms with Gasteiger partial charge in [-0.1, -0.05) is 13.3 Å². The van der Waals surface area contributed by atoms with Crippen LogP contribution in [0.3, 0.4) is 0 Å². The van der Waals surface area contributed by atoms with Crippen LogP contribution in [-0.2, 0) is 12.4 Å². The number of nitrogens with zero attached hydrogens (tertiary/aromatic N) is 1. The topological polar surface area (TPSA) is 42.2 Å². The Morgan fingerprint density at radius 3 is 2.73 bits per heavy atom. The highest BCUT2D eigenvalue weighted by molar-refractivity contribution is 6.17. The predicted octanol–water partition coefficient (Wildman–Crippen LogP) is 2.40. The van der Waals surface area contributed by atoms with Gasteiger partial charge in [-0.25, -0.2) is 0 Å². The van der Waals surface area contributed by atoms with Crippen molar-refractivity contribution in [1.29, 1.82) is 0 Å². The van der Waals surface area contributed by atoms with Gasteiger partial charge in [0.05, 0.1) is 0 Å². The van der Waals surface area contributed by atoms with Crippen LogP contribution in [0.5, 0.6) is 5.88 Å². The number of hydrogen-bond donors (Lipinski definition) is 1. The Bertz CT molecular complexity index is 398. The van der Waals surface area contributed by atoms with E-state index in [1.54, 1.807) is 13.0 Å². The van der Waals surface area contributed by atoms with Crippen LogP contribution in [0.1, 0.15) is 30.9 Å². The van der Waals surface area contributed by atoms with E-state index in [0.717, 1.165) is 12.8 Å². The normalized spacial score (nSPS) is 10.6. The molecule has 15 heavy (non-hydrogen) atoms. The third-order valence-electron chi connectivity index (χ3n) is 2.51. The maximum absolute atomic E-state index is 11.8. The first-order valence-corrected chi connectivity index (χ1v) is 5.63. The van der Waals surface area contributed by atoms with Crippen LogP contribution in [0.4, 0.5) is 0 Å². The lowest BCUT2D eigenvalue weighted by atomic mass is 10.1. The lowest BCUT2D eigenvalue weighted by Gasteiger charge is -2.11. The molecule has 0 unspecified atom stereocenters. The van der Waals surface area contributed by atoms with E-state index in [1.807, 2.05) is 6.92 Å². The summed E-state index contributed by atoms with van der Waals surface area (Å²) >= 11 is 5.67. The molecule has 0 fully saturated rings. The number of halogens is 1. The number of aromatic hydroxyl groups is 1. The van der Waals surface area contributed by atoms with E-state index in [4.69, 9.17) is 11.6 Å². The van der Waals surface area contributed by atoms with Gasteiger partial charge in [-0.05, 0) is 18.9 Å². The number of rotatable bonds is 4. The number of alkyl halides is 1. The third kappa shape index (κ3) is 2.53. The molecule has 1 aromatic rings. The smallest absolute Gasteiger partial charge is 0.256 e. The van der Waals surface area contributed by atoms with Gasteiger partial charge in [0.2, 0.25) is 0 Å². The van der Waals surface area contributed by atoms with Gasteiger partial charge in [0, 0.05) is 24.1 Å². The number of unbranched alkanes of at least 4 members (excludes halogenated alkanes) is 1. The zero-order chi connectivity index (χ0) is 11.4. The van der Waals surface area contributed by atoms with Crippen LogP contribution in [0.2, 0.25) is 0 Å². The second-order valence-corrected chi connectivity index (χ2v) is 3.86. The molecule has 1 N–H and O–H groups in total. The second-order valence-electron chi connectivity index (χ2n) is 3.60. The molecule has 0 saturated heterocycles. The molecule has 3 nitrogen and oxygen atoms in total. The molecule has 0 atom stereocenters. The lowest BCUT2D eigenvalue weighted by Crippen LogP contribution is -2.23. The van der Waals surface area contributed by atoms with Gasteiger partial charge in [0.25, 0.3) is 5.56 Å². The summed E-state index contributed by atoms with van der Waals surface area (Å²) in [6.07, 6.45) is 1.87. The average molecular weight is 230 g/mol. The van der Waals surface area contributed by atoms with Crippen molar-refractivity contribution >= 4 is 11.6 Å². The van der Waals surface area contributed by atoms with E-state index < -0.39 is 0 Å². The minimum absolute atomic E-state index is 0.00898. The maximum Gasteiger partial charge on any atom is 0.256 e. The molecular formula is C11H16ClNO2. The van der Waals surface area contributed by atoms with Gasteiger partial charge >= 0.3 is 0 Å². The maximum atomic E-state index is 11.8. The molecule has 0 aliphatic heterocycles. The zero-order valence-corrected chi connectivity index (χ0v) is 9.84. The SMILES string of the molecule is CCCCn1c(O)cc(CCl)c(C)c1=O. The van der Waals surface area contributed by atoms with Crippen LogP contribution in [0.25, 0.3) is 0 Å². The molecule has 1 rings (SSSR count). The molecule has 1 heterocycles. The highest BCUT2D eigenvalue weighted by Gasteiger charge is 2.09. The molecule has 1 aromatic heterocycles. The Kier molecular flexibility index (Phi) is 4.21. The second kappa shape index (κ2) is 5.21. The molecule has 0 aromatic carbocycles. The van der Waals surface area contributed by atoms with Crippen LogP contribution in [0, 0.1) is 6.92 Å². The zero-order valence-electron chi connectivity index (χ0n) is 9.09. The van der Waals surface area contributed by atoms with E-state index >= 15 is 0 Å². The summed E-state index contributed by atoms with van der Waals surface area (Å²) in [5.74, 6) is 0.262. The Morgan fingerprint density at radius 2 is 2.20 bits per heavy atom. The summed E-state index contributed by atoms with van der Waals surface area (Å²) < 4.78 is 1.40. The summed E-state index contributed by atoms with van der Waals surface area (Å²) in [4.78, 5) is 11.8. The quantitative estimate of drug-likeness (QED) is 0.806. The predicted molar refractivity (Wildman–Crippen MR) is 61.6 cm³/mol. The number of pyridine rings is 1. The minimum Gasteiger partial charge on any atom is -0.494 e. The van der Waals surface area contributed by atoms with Crippen molar-refractivity contribution in [2.75, 3.05) is 0 Å². The van der Waals surface area contributed by atoms with E-state index in [2.05, 4.69) is 0 Å². The molecule has 0 aliphatic carbocycles. The van der Waals surface area contributed by atoms with Crippen molar-refractivity contribution in [3.63, 3.8) is 0 Å². The van der Waals surface area contributed by atoms with Crippen LogP contribution >= 0.6 is 11.6 Å². The lowest BCUT2D eigenvalue weighted by molar-refractivity contribution is 0.400. The Balaban J connectivity index is 3.18. The van der Waals surface area contributed by atoms with Gasteiger partial charge in [-0.15, -0.1) is 11.6 Å². The monoisotopic (exact) mass is 229 g/mol.